The number of aromatic nitrogens is 3. The fraction of sp³-hybridized carbons (Fsp3) is 0.643. The molecule has 1 aromatic carbocycles. The molecule has 2 fully saturated rings. The van der Waals surface area contributed by atoms with Crippen molar-refractivity contribution in [2.75, 3.05) is 59.7 Å². The second kappa shape index (κ2) is 15.5. The third kappa shape index (κ3) is 8.43. The first-order chi connectivity index (χ1) is 19.3. The fourth-order valence-electron chi connectivity index (χ4n) is 5.41. The van der Waals surface area contributed by atoms with Gasteiger partial charge in [-0.3, -0.25) is 9.59 Å². The summed E-state index contributed by atoms with van der Waals surface area (Å²) in [6, 6.07) is 2.91. The first-order valence-corrected chi connectivity index (χ1v) is 14.1. The van der Waals surface area contributed by atoms with Crippen molar-refractivity contribution in [3.8, 4) is 5.69 Å². The first-order valence-electron chi connectivity index (χ1n) is 14.1. The average Bonchev–Trinajstić information content (AvgIpc) is 3.37. The Hall–Kier alpha value is -2.67. The van der Waals surface area contributed by atoms with Gasteiger partial charge in [-0.2, -0.15) is 0 Å². The highest BCUT2D eigenvalue weighted by Gasteiger charge is 2.37. The van der Waals surface area contributed by atoms with Gasteiger partial charge in [0.25, 0.3) is 5.91 Å². The molecule has 1 N–H and O–H groups in total. The Balaban J connectivity index is 0.00000462. The predicted octanol–water partition coefficient (Wildman–Crippen LogP) is 2.87. The molecule has 2 atom stereocenters. The van der Waals surface area contributed by atoms with E-state index in [1.165, 1.54) is 16.8 Å². The highest BCUT2D eigenvalue weighted by Crippen LogP contribution is 2.24. The molecule has 0 unspecified atom stereocenters. The van der Waals surface area contributed by atoms with Crippen molar-refractivity contribution < 1.29 is 27.8 Å². The number of nitrogens with one attached hydrogen (secondary N) is 1. The molecule has 2 aliphatic heterocycles. The third-order valence-electron chi connectivity index (χ3n) is 7.33. The second-order valence-electron chi connectivity index (χ2n) is 10.9. The number of hydrogen-bond donors (Lipinski definition) is 1. The zero-order valence-corrected chi connectivity index (χ0v) is 24.8. The summed E-state index contributed by atoms with van der Waals surface area (Å²) in [6.45, 7) is 8.40. The van der Waals surface area contributed by atoms with Crippen molar-refractivity contribution >= 4 is 24.2 Å². The largest absolute Gasteiger partial charge is 0.385 e. The Labute approximate surface area is 246 Å². The quantitative estimate of drug-likeness (QED) is 0.397. The number of carbonyl (C=O) groups is 2. The van der Waals surface area contributed by atoms with E-state index >= 15 is 0 Å². The van der Waals surface area contributed by atoms with Crippen molar-refractivity contribution in [1.29, 1.82) is 0 Å². The summed E-state index contributed by atoms with van der Waals surface area (Å²) in [5, 5.41) is 11.8. The number of ether oxygens (including phenoxy) is 2. The SMILES string of the molecule is COCCCCc1c(C(=O)N(CC(C)C)[C@@H]2CNC[C@H](C(=O)N3CCOCC3)C2)nnn1-c1cc(F)cc(F)c1.Cl. The molecule has 0 spiro atoms. The van der Waals surface area contributed by atoms with Gasteiger partial charge < -0.3 is 24.6 Å². The summed E-state index contributed by atoms with van der Waals surface area (Å²) >= 11 is 0. The average molecular weight is 599 g/mol. The highest BCUT2D eigenvalue weighted by molar-refractivity contribution is 5.94. The van der Waals surface area contributed by atoms with Gasteiger partial charge in [-0.05, 0) is 43.7 Å². The number of nitrogens with zero attached hydrogens (tertiary/aromatic N) is 5. The molecule has 0 radical (unpaired) electrons. The fourth-order valence-corrected chi connectivity index (χ4v) is 5.41. The minimum absolute atomic E-state index is 0. The van der Waals surface area contributed by atoms with Crippen LogP contribution in [0.5, 0.6) is 0 Å². The summed E-state index contributed by atoms with van der Waals surface area (Å²) in [5.74, 6) is -1.79. The summed E-state index contributed by atoms with van der Waals surface area (Å²) in [5.41, 5.74) is 0.811. The van der Waals surface area contributed by atoms with E-state index in [-0.39, 0.29) is 53.5 Å². The monoisotopic (exact) mass is 598 g/mol. The number of halogens is 3. The van der Waals surface area contributed by atoms with Gasteiger partial charge in [-0.1, -0.05) is 19.1 Å². The van der Waals surface area contributed by atoms with Crippen molar-refractivity contribution in [1.82, 2.24) is 30.1 Å². The molecule has 3 heterocycles. The Morgan fingerprint density at radius 2 is 1.85 bits per heavy atom. The van der Waals surface area contributed by atoms with Gasteiger partial charge in [0.2, 0.25) is 5.91 Å². The summed E-state index contributed by atoms with van der Waals surface area (Å²) in [7, 11) is 1.62. The molecule has 0 saturated carbocycles. The van der Waals surface area contributed by atoms with Crippen LogP contribution in [0.2, 0.25) is 0 Å². The van der Waals surface area contributed by atoms with Crippen LogP contribution >= 0.6 is 12.4 Å². The smallest absolute Gasteiger partial charge is 0.276 e. The lowest BCUT2D eigenvalue weighted by Crippen LogP contribution is -2.56. The lowest BCUT2D eigenvalue weighted by molar-refractivity contribution is -0.140. The first kappa shape index (κ1) is 32.8. The number of carbonyl (C=O) groups excluding carboxylic acids is 2. The van der Waals surface area contributed by atoms with E-state index in [0.29, 0.717) is 77.5 Å². The zero-order chi connectivity index (χ0) is 28.6. The standard InChI is InChI=1S/C28H40F2N6O4.ClH/c1-19(2)18-35(24-12-20(16-31-17-24)27(37)34-7-10-40-11-8-34)28(38)26-25(6-4-5-9-39-3)36(33-32-26)23-14-21(29)13-22(30)15-23;/h13-15,19-20,24,31H,4-12,16-18H2,1-3H3;1H/t20-,24+;/m1./s1. The van der Waals surface area contributed by atoms with E-state index in [1.54, 1.807) is 12.0 Å². The number of benzene rings is 1. The van der Waals surface area contributed by atoms with Gasteiger partial charge in [0, 0.05) is 58.5 Å². The number of piperidine rings is 1. The zero-order valence-electron chi connectivity index (χ0n) is 24.0. The summed E-state index contributed by atoms with van der Waals surface area (Å²) in [4.78, 5) is 31.0. The summed E-state index contributed by atoms with van der Waals surface area (Å²) in [6.07, 6.45) is 2.37. The minimum atomic E-state index is -0.741. The van der Waals surface area contributed by atoms with Gasteiger partial charge in [-0.25, -0.2) is 13.5 Å². The van der Waals surface area contributed by atoms with Crippen LogP contribution in [-0.4, -0.2) is 102 Å². The van der Waals surface area contributed by atoms with Gasteiger partial charge in [0.15, 0.2) is 5.69 Å². The Kier molecular flexibility index (Phi) is 12.4. The van der Waals surface area contributed by atoms with Gasteiger partial charge in [0.1, 0.15) is 11.6 Å². The van der Waals surface area contributed by atoms with E-state index in [1.807, 2.05) is 18.7 Å². The van der Waals surface area contributed by atoms with Crippen LogP contribution < -0.4 is 5.32 Å². The van der Waals surface area contributed by atoms with Crippen LogP contribution in [0.25, 0.3) is 5.69 Å². The molecule has 2 aromatic rings. The van der Waals surface area contributed by atoms with E-state index in [2.05, 4.69) is 15.6 Å². The van der Waals surface area contributed by atoms with Crippen molar-refractivity contribution in [2.45, 2.75) is 45.6 Å². The van der Waals surface area contributed by atoms with Crippen molar-refractivity contribution in [3.63, 3.8) is 0 Å². The molecule has 2 amide bonds. The number of morpholine rings is 1. The summed E-state index contributed by atoms with van der Waals surface area (Å²) < 4.78 is 40.1. The van der Waals surface area contributed by atoms with Gasteiger partial charge >= 0.3 is 0 Å². The molecule has 13 heteroatoms. The lowest BCUT2D eigenvalue weighted by Gasteiger charge is -2.40. The maximum Gasteiger partial charge on any atom is 0.276 e. The Morgan fingerprint density at radius 3 is 2.51 bits per heavy atom. The number of hydrogen-bond acceptors (Lipinski definition) is 7. The number of amides is 2. The maximum absolute atomic E-state index is 14.1. The van der Waals surface area contributed by atoms with Gasteiger partial charge in [-0.15, -0.1) is 17.5 Å². The topological polar surface area (TPSA) is 102 Å². The normalized spacial score (nSPS) is 19.2. The maximum atomic E-state index is 14.1. The minimum Gasteiger partial charge on any atom is -0.385 e. The van der Waals surface area contributed by atoms with E-state index in [4.69, 9.17) is 9.47 Å². The molecule has 228 valence electrons. The Morgan fingerprint density at radius 1 is 1.15 bits per heavy atom. The second-order valence-corrected chi connectivity index (χ2v) is 10.9. The molecule has 0 bridgehead atoms. The van der Waals surface area contributed by atoms with Crippen LogP contribution in [0.1, 0.15) is 49.3 Å². The van der Waals surface area contributed by atoms with Crippen LogP contribution in [0, 0.1) is 23.5 Å². The lowest BCUT2D eigenvalue weighted by atomic mass is 9.92. The predicted molar refractivity (Wildman–Crippen MR) is 151 cm³/mol. The molecular weight excluding hydrogens is 558 g/mol. The Bertz CT molecular complexity index is 1140. The number of unbranched alkanes of at least 4 members (excludes halogenated alkanes) is 1. The van der Waals surface area contributed by atoms with Crippen LogP contribution in [0.15, 0.2) is 18.2 Å². The number of rotatable bonds is 11. The molecule has 2 saturated heterocycles. The molecule has 10 nitrogen and oxygen atoms in total. The van der Waals surface area contributed by atoms with Crippen LogP contribution in [0.4, 0.5) is 8.78 Å². The van der Waals surface area contributed by atoms with Crippen LogP contribution in [-0.2, 0) is 20.7 Å². The van der Waals surface area contributed by atoms with E-state index in [0.717, 1.165) is 12.5 Å². The molecule has 2 aliphatic rings. The number of methoxy groups -OCH3 is 1. The van der Waals surface area contributed by atoms with Crippen molar-refractivity contribution in [2.24, 2.45) is 11.8 Å². The van der Waals surface area contributed by atoms with E-state index < -0.39 is 11.6 Å². The molecule has 0 aliphatic carbocycles. The molecular formula is C28H41ClF2N6O4. The molecule has 41 heavy (non-hydrogen) atoms. The van der Waals surface area contributed by atoms with Gasteiger partial charge in [0.05, 0.1) is 30.5 Å². The highest BCUT2D eigenvalue weighted by atomic mass is 35.5. The molecule has 1 aromatic heterocycles. The van der Waals surface area contributed by atoms with E-state index in [9.17, 15) is 18.4 Å². The van der Waals surface area contributed by atoms with Crippen LogP contribution in [0.3, 0.4) is 0 Å². The van der Waals surface area contributed by atoms with Crippen molar-refractivity contribution in [3.05, 3.63) is 41.2 Å². The molecule has 4 rings (SSSR count). The third-order valence-corrected chi connectivity index (χ3v) is 7.33.